The second-order valence-corrected chi connectivity index (χ2v) is 13.7. The van der Waals surface area contributed by atoms with Crippen LogP contribution in [0.1, 0.15) is 63.8 Å². The molecule has 3 nitrogen and oxygen atoms in total. The lowest BCUT2D eigenvalue weighted by atomic mass is 9.83. The van der Waals surface area contributed by atoms with E-state index in [2.05, 4.69) is 126 Å². The zero-order valence-electron chi connectivity index (χ0n) is 23.5. The Bertz CT molecular complexity index is 1540. The monoisotopic (exact) mass is 526 g/mol. The van der Waals surface area contributed by atoms with Gasteiger partial charge < -0.3 is 0 Å². The van der Waals surface area contributed by atoms with Crippen LogP contribution < -0.4 is 0 Å². The van der Waals surface area contributed by atoms with Gasteiger partial charge in [0.05, 0.1) is 6.26 Å². The summed E-state index contributed by atoms with van der Waals surface area (Å²) < 4.78 is 25.9. The molecule has 0 atom stereocenters. The topological polar surface area (TPSA) is 54.4 Å². The minimum atomic E-state index is -3.67. The van der Waals surface area contributed by atoms with E-state index in [1.165, 1.54) is 55.6 Å². The maximum atomic E-state index is 9.19. The molecule has 0 heterocycles. The molecule has 38 heavy (non-hydrogen) atoms. The Balaban J connectivity index is 0.000000617. The summed E-state index contributed by atoms with van der Waals surface area (Å²) in [6.45, 7) is 13.7. The molecule has 0 saturated heterocycles. The first-order valence-electron chi connectivity index (χ1n) is 13.0. The lowest BCUT2D eigenvalue weighted by Crippen LogP contribution is -2.10. The smallest absolute Gasteiger partial charge is 0.261 e. The van der Waals surface area contributed by atoms with Crippen LogP contribution >= 0.6 is 0 Å². The van der Waals surface area contributed by atoms with E-state index in [0.29, 0.717) is 6.26 Å². The highest BCUT2D eigenvalue weighted by Crippen LogP contribution is 2.46. The lowest BCUT2D eigenvalue weighted by Gasteiger charge is -2.22. The molecule has 1 aliphatic carbocycles. The molecule has 0 unspecified atom stereocenters. The van der Waals surface area contributed by atoms with E-state index in [9.17, 15) is 8.42 Å². The van der Waals surface area contributed by atoms with Gasteiger partial charge in [-0.3, -0.25) is 4.55 Å². The van der Waals surface area contributed by atoms with Gasteiger partial charge in [-0.1, -0.05) is 126 Å². The molecule has 5 rings (SSSR count). The van der Waals surface area contributed by atoms with Gasteiger partial charge in [0.15, 0.2) is 0 Å². The average molecular weight is 527 g/mol. The van der Waals surface area contributed by atoms with E-state index < -0.39 is 10.1 Å². The summed E-state index contributed by atoms with van der Waals surface area (Å²) in [4.78, 5) is 0. The predicted octanol–water partition coefficient (Wildman–Crippen LogP) is 8.69. The van der Waals surface area contributed by atoms with Gasteiger partial charge in [0.25, 0.3) is 10.1 Å². The van der Waals surface area contributed by atoms with Gasteiger partial charge in [-0.25, -0.2) is 0 Å². The summed E-state index contributed by atoms with van der Waals surface area (Å²) in [6.07, 6.45) is 1.71. The molecule has 0 saturated carbocycles. The molecule has 4 aromatic carbocycles. The summed E-state index contributed by atoms with van der Waals surface area (Å²) in [6, 6.07) is 32.0. The fourth-order valence-electron chi connectivity index (χ4n) is 5.07. The minimum absolute atomic E-state index is 0.152. The molecule has 4 aromatic rings. The predicted molar refractivity (Wildman–Crippen MR) is 160 cm³/mol. The van der Waals surface area contributed by atoms with Gasteiger partial charge >= 0.3 is 0 Å². The molecule has 198 valence electrons. The van der Waals surface area contributed by atoms with Crippen LogP contribution in [-0.4, -0.2) is 19.2 Å². The van der Waals surface area contributed by atoms with E-state index in [4.69, 9.17) is 4.55 Å². The van der Waals surface area contributed by atoms with Gasteiger partial charge in [-0.2, -0.15) is 8.42 Å². The molecule has 1 N–H and O–H groups in total. The molecule has 0 aliphatic heterocycles. The molecular weight excluding hydrogens is 488 g/mol. The van der Waals surface area contributed by atoms with Gasteiger partial charge in [0, 0.05) is 0 Å². The Hall–Kier alpha value is -3.21. The highest BCUT2D eigenvalue weighted by Gasteiger charge is 2.25. The maximum Gasteiger partial charge on any atom is 0.261 e. The first-order chi connectivity index (χ1) is 17.6. The highest BCUT2D eigenvalue weighted by molar-refractivity contribution is 7.85. The fraction of sp³-hybridized carbons (Fsp3) is 0.294. The Labute approximate surface area is 228 Å². The second kappa shape index (κ2) is 10.2. The van der Waals surface area contributed by atoms with Crippen LogP contribution in [0.25, 0.3) is 33.4 Å². The number of fused-ring (bicyclic) bond motifs is 3. The quantitative estimate of drug-likeness (QED) is 0.234. The molecule has 0 amide bonds. The van der Waals surface area contributed by atoms with Crippen LogP contribution in [0.5, 0.6) is 0 Å². The standard InChI is InChI=1S/C33H34.CH4O3S/c1-32(2,3)25-15-11-22(12-16-25)28-19-20-29-27-10-8-7-9-24(27)21-30(29)31(28)23-13-17-26(18-14-23)33(4,5)6;1-5(2,3)4/h7-20H,21H2,1-6H3;1H3,(H,2,3,4). The first-order valence-corrected chi connectivity index (χ1v) is 14.9. The minimum Gasteiger partial charge on any atom is -0.286 e. The molecule has 1 aliphatic rings. The Kier molecular flexibility index (Phi) is 7.44. The molecule has 0 aromatic heterocycles. The van der Waals surface area contributed by atoms with Crippen molar-refractivity contribution in [3.8, 4) is 33.4 Å². The zero-order valence-corrected chi connectivity index (χ0v) is 24.3. The Morgan fingerprint density at radius 2 is 1.05 bits per heavy atom. The number of hydrogen-bond acceptors (Lipinski definition) is 2. The van der Waals surface area contributed by atoms with E-state index in [-0.39, 0.29) is 10.8 Å². The second-order valence-electron chi connectivity index (χ2n) is 12.2. The van der Waals surface area contributed by atoms with Gasteiger partial charge in [-0.05, 0) is 72.9 Å². The van der Waals surface area contributed by atoms with Crippen molar-refractivity contribution >= 4 is 10.1 Å². The van der Waals surface area contributed by atoms with Crippen molar-refractivity contribution in [2.75, 3.05) is 6.26 Å². The number of hydrogen-bond donors (Lipinski definition) is 1. The summed E-state index contributed by atoms with van der Waals surface area (Å²) >= 11 is 0. The van der Waals surface area contributed by atoms with Crippen molar-refractivity contribution in [2.24, 2.45) is 0 Å². The van der Waals surface area contributed by atoms with Crippen molar-refractivity contribution in [3.05, 3.63) is 107 Å². The summed E-state index contributed by atoms with van der Waals surface area (Å²) in [7, 11) is -3.67. The van der Waals surface area contributed by atoms with Crippen LogP contribution in [0, 0.1) is 0 Å². The average Bonchev–Trinajstić information content (AvgIpc) is 3.20. The van der Waals surface area contributed by atoms with Crippen LogP contribution in [0.4, 0.5) is 0 Å². The van der Waals surface area contributed by atoms with E-state index in [0.717, 1.165) is 6.42 Å². The van der Waals surface area contributed by atoms with Crippen molar-refractivity contribution in [3.63, 3.8) is 0 Å². The number of rotatable bonds is 2. The van der Waals surface area contributed by atoms with Gasteiger partial charge in [-0.15, -0.1) is 0 Å². The Morgan fingerprint density at radius 3 is 1.55 bits per heavy atom. The van der Waals surface area contributed by atoms with Crippen molar-refractivity contribution in [1.29, 1.82) is 0 Å². The third-order valence-electron chi connectivity index (χ3n) is 7.09. The summed E-state index contributed by atoms with van der Waals surface area (Å²) in [5.41, 5.74) is 14.0. The fourth-order valence-corrected chi connectivity index (χ4v) is 5.07. The lowest BCUT2D eigenvalue weighted by molar-refractivity contribution is 0.490. The normalized spacial score (nSPS) is 12.8. The van der Waals surface area contributed by atoms with Crippen LogP contribution in [-0.2, 0) is 27.4 Å². The molecule has 0 spiro atoms. The van der Waals surface area contributed by atoms with E-state index in [1.54, 1.807) is 0 Å². The van der Waals surface area contributed by atoms with Crippen LogP contribution in [0.2, 0.25) is 0 Å². The molecule has 0 radical (unpaired) electrons. The van der Waals surface area contributed by atoms with E-state index in [1.807, 2.05) is 0 Å². The molecule has 0 fully saturated rings. The number of benzene rings is 4. The van der Waals surface area contributed by atoms with Crippen molar-refractivity contribution in [2.45, 2.75) is 58.8 Å². The summed E-state index contributed by atoms with van der Waals surface area (Å²) in [5.74, 6) is 0. The summed E-state index contributed by atoms with van der Waals surface area (Å²) in [5, 5.41) is 0. The van der Waals surface area contributed by atoms with Crippen LogP contribution in [0.15, 0.2) is 84.9 Å². The van der Waals surface area contributed by atoms with Gasteiger partial charge in [0.2, 0.25) is 0 Å². The van der Waals surface area contributed by atoms with Crippen molar-refractivity contribution < 1.29 is 13.0 Å². The third-order valence-corrected chi connectivity index (χ3v) is 7.09. The zero-order chi connectivity index (χ0) is 27.9. The first kappa shape index (κ1) is 27.8. The SMILES string of the molecule is CC(C)(C)c1ccc(-c2ccc3c(c2-c2ccc(C(C)(C)C)cc2)Cc2ccccc2-3)cc1.CS(=O)(=O)O. The third kappa shape index (κ3) is 6.25. The molecule has 0 bridgehead atoms. The van der Waals surface area contributed by atoms with E-state index >= 15 is 0 Å². The highest BCUT2D eigenvalue weighted by atomic mass is 32.2. The maximum absolute atomic E-state index is 9.19. The Morgan fingerprint density at radius 1 is 0.605 bits per heavy atom. The van der Waals surface area contributed by atoms with Crippen LogP contribution in [0.3, 0.4) is 0 Å². The van der Waals surface area contributed by atoms with Gasteiger partial charge in [0.1, 0.15) is 0 Å². The molecule has 4 heteroatoms. The van der Waals surface area contributed by atoms with Crippen molar-refractivity contribution in [1.82, 2.24) is 0 Å². The largest absolute Gasteiger partial charge is 0.286 e. The molecular formula is C34H38O3S.